The van der Waals surface area contributed by atoms with Gasteiger partial charge in [0.15, 0.2) is 0 Å². The molecular formula is C30H26Cl2F4N4O4. The molecule has 1 fully saturated rings. The second kappa shape index (κ2) is 11.6. The number of rotatable bonds is 7. The second-order valence-electron chi connectivity index (χ2n) is 10.8. The zero-order valence-corrected chi connectivity index (χ0v) is 24.7. The number of methoxy groups -OCH3 is 1. The fourth-order valence-electron chi connectivity index (χ4n) is 6.22. The summed E-state index contributed by atoms with van der Waals surface area (Å²) >= 11 is 12.3. The molecule has 14 heteroatoms. The zero-order chi connectivity index (χ0) is 32.1. The number of halogens is 6. The number of anilines is 2. The molecule has 3 aromatic carbocycles. The summed E-state index contributed by atoms with van der Waals surface area (Å²) in [6, 6.07) is 9.69. The first-order valence-electron chi connectivity index (χ1n) is 13.4. The van der Waals surface area contributed by atoms with Crippen molar-refractivity contribution >= 4 is 52.3 Å². The molecular weight excluding hydrogens is 627 g/mol. The van der Waals surface area contributed by atoms with E-state index in [1.54, 1.807) is 0 Å². The summed E-state index contributed by atoms with van der Waals surface area (Å²) in [4.78, 5) is 39.8. The van der Waals surface area contributed by atoms with Crippen molar-refractivity contribution in [2.24, 2.45) is 11.7 Å². The Balaban J connectivity index is 1.70. The lowest BCUT2D eigenvalue weighted by molar-refractivity contribution is -0.173. The van der Waals surface area contributed by atoms with Crippen LogP contribution in [0.15, 0.2) is 54.6 Å². The van der Waals surface area contributed by atoms with Gasteiger partial charge in [-0.2, -0.15) is 13.2 Å². The summed E-state index contributed by atoms with van der Waals surface area (Å²) in [5, 5.41) is 8.26. The minimum Gasteiger partial charge on any atom is -0.495 e. The standard InChI is InChI=1S/C30H26Cl2F4N4O4/c1-13(30(34,35)36)10-22-29(17-8-7-15(31)12-20(17)39-28(29)43)23(16-4-3-5-18(32)24(16)33)25(40-22)27(42)38-19-9-6-14(26(37)41)11-21(19)44-2/h3-9,11-13,22-23,25,40H,10H2,1-2H3,(H2,37,41)(H,38,42)(H,39,43)/t13?,22-,23-,25+,29+/m0/s1. The van der Waals surface area contributed by atoms with Gasteiger partial charge in [0.2, 0.25) is 17.7 Å². The van der Waals surface area contributed by atoms with Crippen LogP contribution >= 0.6 is 23.2 Å². The summed E-state index contributed by atoms with van der Waals surface area (Å²) in [7, 11) is 1.29. The summed E-state index contributed by atoms with van der Waals surface area (Å²) in [6.45, 7) is 0.971. The second-order valence-corrected chi connectivity index (χ2v) is 11.6. The molecule has 1 spiro atoms. The Morgan fingerprint density at radius 2 is 1.86 bits per heavy atom. The molecule has 5 rings (SSSR count). The predicted octanol–water partition coefficient (Wildman–Crippen LogP) is 5.78. The van der Waals surface area contributed by atoms with E-state index in [2.05, 4.69) is 16.0 Å². The van der Waals surface area contributed by atoms with Gasteiger partial charge >= 0.3 is 6.18 Å². The van der Waals surface area contributed by atoms with Crippen molar-refractivity contribution in [3.05, 3.63) is 87.2 Å². The molecule has 3 aromatic rings. The van der Waals surface area contributed by atoms with E-state index >= 15 is 4.39 Å². The number of nitrogens with two attached hydrogens (primary N) is 1. The monoisotopic (exact) mass is 652 g/mol. The fourth-order valence-corrected chi connectivity index (χ4v) is 6.57. The van der Waals surface area contributed by atoms with Gasteiger partial charge in [-0.15, -0.1) is 0 Å². The first-order valence-corrected chi connectivity index (χ1v) is 14.1. The van der Waals surface area contributed by atoms with Gasteiger partial charge in [0, 0.05) is 28.2 Å². The SMILES string of the molecule is COc1cc(C(N)=O)ccc1NC(=O)[C@@H]1N[C@@H](CC(C)C(F)(F)F)[C@@]2(C(=O)Nc3cc(Cl)ccc32)[C@H]1c1cccc(Cl)c1F. The lowest BCUT2D eigenvalue weighted by Crippen LogP contribution is -2.49. The summed E-state index contributed by atoms with van der Waals surface area (Å²) in [5.41, 5.74) is 3.97. The maximum Gasteiger partial charge on any atom is 0.391 e. The van der Waals surface area contributed by atoms with Crippen molar-refractivity contribution in [1.82, 2.24) is 5.32 Å². The minimum absolute atomic E-state index is 0.0636. The lowest BCUT2D eigenvalue weighted by Gasteiger charge is -2.36. The molecule has 5 atom stereocenters. The summed E-state index contributed by atoms with van der Waals surface area (Å²) in [6.07, 6.45) is -5.26. The number of benzene rings is 3. The van der Waals surface area contributed by atoms with Crippen LogP contribution in [0.5, 0.6) is 5.75 Å². The highest BCUT2D eigenvalue weighted by atomic mass is 35.5. The Labute approximate surface area is 259 Å². The molecule has 44 heavy (non-hydrogen) atoms. The van der Waals surface area contributed by atoms with E-state index in [0.717, 1.165) is 6.92 Å². The highest BCUT2D eigenvalue weighted by Gasteiger charge is 2.66. The zero-order valence-electron chi connectivity index (χ0n) is 23.2. The Morgan fingerprint density at radius 3 is 2.52 bits per heavy atom. The molecule has 2 aliphatic heterocycles. The van der Waals surface area contributed by atoms with Crippen LogP contribution in [0.25, 0.3) is 0 Å². The van der Waals surface area contributed by atoms with Gasteiger partial charge < -0.3 is 26.4 Å². The van der Waals surface area contributed by atoms with E-state index in [1.807, 2.05) is 0 Å². The van der Waals surface area contributed by atoms with E-state index in [0.29, 0.717) is 0 Å². The van der Waals surface area contributed by atoms with Crippen LogP contribution in [-0.2, 0) is 15.0 Å². The molecule has 0 saturated carbocycles. The molecule has 1 saturated heterocycles. The Bertz CT molecular complexity index is 1670. The molecule has 0 bridgehead atoms. The third kappa shape index (κ3) is 5.24. The van der Waals surface area contributed by atoms with Gasteiger partial charge in [0.1, 0.15) is 17.0 Å². The van der Waals surface area contributed by atoms with Crippen molar-refractivity contribution in [2.45, 2.75) is 42.9 Å². The molecule has 2 aliphatic rings. The molecule has 8 nitrogen and oxygen atoms in total. The van der Waals surface area contributed by atoms with Crippen LogP contribution in [0.2, 0.25) is 10.0 Å². The average Bonchev–Trinajstić information content (AvgIpc) is 3.44. The molecule has 3 amide bonds. The minimum atomic E-state index is -4.63. The third-order valence-corrected chi connectivity index (χ3v) is 8.82. The maximum atomic E-state index is 15.9. The van der Waals surface area contributed by atoms with Crippen LogP contribution < -0.4 is 26.4 Å². The number of carbonyl (C=O) groups is 3. The van der Waals surface area contributed by atoms with Crippen molar-refractivity contribution < 1.29 is 36.7 Å². The van der Waals surface area contributed by atoms with Gasteiger partial charge in [0.05, 0.1) is 29.8 Å². The Hall–Kier alpha value is -3.87. The number of primary amides is 1. The number of fused-ring (bicyclic) bond motifs is 2. The van der Waals surface area contributed by atoms with Crippen molar-refractivity contribution in [2.75, 3.05) is 17.7 Å². The van der Waals surface area contributed by atoms with Crippen LogP contribution in [0.3, 0.4) is 0 Å². The first-order chi connectivity index (χ1) is 20.7. The fraction of sp³-hybridized carbons (Fsp3) is 0.300. The van der Waals surface area contributed by atoms with E-state index in [4.69, 9.17) is 33.7 Å². The largest absolute Gasteiger partial charge is 0.495 e. The van der Waals surface area contributed by atoms with Crippen LogP contribution in [0, 0.1) is 11.7 Å². The van der Waals surface area contributed by atoms with Gasteiger partial charge in [-0.3, -0.25) is 14.4 Å². The molecule has 1 unspecified atom stereocenters. The maximum absolute atomic E-state index is 15.9. The van der Waals surface area contributed by atoms with Crippen LogP contribution in [-0.4, -0.2) is 43.1 Å². The smallest absolute Gasteiger partial charge is 0.391 e. The Morgan fingerprint density at radius 1 is 1.14 bits per heavy atom. The highest BCUT2D eigenvalue weighted by Crippen LogP contribution is 2.57. The topological polar surface area (TPSA) is 123 Å². The van der Waals surface area contributed by atoms with Crippen molar-refractivity contribution in [1.29, 1.82) is 0 Å². The molecule has 0 aromatic heterocycles. The van der Waals surface area contributed by atoms with Crippen molar-refractivity contribution in [3.63, 3.8) is 0 Å². The van der Waals surface area contributed by atoms with E-state index in [1.165, 1.54) is 61.7 Å². The Kier molecular flexibility index (Phi) is 8.29. The number of ether oxygens (including phenoxy) is 1. The number of amides is 3. The summed E-state index contributed by atoms with van der Waals surface area (Å²) in [5.74, 6) is -6.44. The molecule has 0 radical (unpaired) electrons. The molecule has 5 N–H and O–H groups in total. The van der Waals surface area contributed by atoms with E-state index < -0.39 is 65.5 Å². The summed E-state index contributed by atoms with van der Waals surface area (Å²) < 4.78 is 62.9. The van der Waals surface area contributed by atoms with E-state index in [-0.39, 0.29) is 43.9 Å². The number of alkyl halides is 3. The van der Waals surface area contributed by atoms with Crippen molar-refractivity contribution in [3.8, 4) is 5.75 Å². The number of nitrogens with one attached hydrogen (secondary N) is 3. The molecule has 2 heterocycles. The first kappa shape index (κ1) is 31.6. The highest BCUT2D eigenvalue weighted by molar-refractivity contribution is 6.31. The average molecular weight is 653 g/mol. The molecule has 232 valence electrons. The van der Waals surface area contributed by atoms with Crippen LogP contribution in [0.1, 0.15) is 40.7 Å². The van der Waals surface area contributed by atoms with Crippen LogP contribution in [0.4, 0.5) is 28.9 Å². The normalized spacial score (nSPS) is 23.3. The van der Waals surface area contributed by atoms with Gasteiger partial charge in [-0.05, 0) is 53.9 Å². The van der Waals surface area contributed by atoms with Gasteiger partial charge in [-0.25, -0.2) is 4.39 Å². The predicted molar refractivity (Wildman–Crippen MR) is 157 cm³/mol. The third-order valence-electron chi connectivity index (χ3n) is 8.30. The van der Waals surface area contributed by atoms with Gasteiger partial charge in [0.25, 0.3) is 0 Å². The molecule has 0 aliphatic carbocycles. The quantitative estimate of drug-likeness (QED) is 0.241. The van der Waals surface area contributed by atoms with Gasteiger partial charge in [-0.1, -0.05) is 48.3 Å². The van der Waals surface area contributed by atoms with E-state index in [9.17, 15) is 27.6 Å². The lowest BCUT2D eigenvalue weighted by atomic mass is 9.63. The number of hydrogen-bond donors (Lipinski definition) is 4. The number of carbonyl (C=O) groups excluding carboxylic acids is 3. The number of hydrogen-bond acceptors (Lipinski definition) is 5.